The molecule has 0 amide bonds. The third-order valence-electron chi connectivity index (χ3n) is 5.92. The van der Waals surface area contributed by atoms with Gasteiger partial charge in [-0.2, -0.15) is 0 Å². The molecule has 0 radical (unpaired) electrons. The van der Waals surface area contributed by atoms with Gasteiger partial charge in [-0.15, -0.1) is 0 Å². The molecule has 0 saturated heterocycles. The lowest BCUT2D eigenvalue weighted by Gasteiger charge is -2.16. The molecule has 0 atom stereocenters. The van der Waals surface area contributed by atoms with Gasteiger partial charge in [0.25, 0.3) is 0 Å². The lowest BCUT2D eigenvalue weighted by Crippen LogP contribution is -2.04. The van der Waals surface area contributed by atoms with Crippen LogP contribution in [-0.4, -0.2) is 0 Å². The predicted octanol–water partition coefficient (Wildman–Crippen LogP) is 6.85. The van der Waals surface area contributed by atoms with E-state index in [2.05, 4.69) is 65.8 Å². The largest absolute Gasteiger partial charge is 0.0613 e. The van der Waals surface area contributed by atoms with Crippen LogP contribution in [0.25, 0.3) is 0 Å². The second-order valence-electron chi connectivity index (χ2n) is 7.41. The Morgan fingerprint density at radius 1 is 0.423 bits per heavy atom. The van der Waals surface area contributed by atoms with Gasteiger partial charge >= 0.3 is 0 Å². The fourth-order valence-corrected chi connectivity index (χ4v) is 4.49. The van der Waals surface area contributed by atoms with Gasteiger partial charge in [-0.05, 0) is 95.9 Å². The molecule has 2 rings (SSSR count). The van der Waals surface area contributed by atoms with Gasteiger partial charge in [0.1, 0.15) is 0 Å². The molecule has 0 nitrogen and oxygen atoms in total. The van der Waals surface area contributed by atoms with Gasteiger partial charge in [0.05, 0.1) is 0 Å². The molecule has 2 aromatic rings. The highest BCUT2D eigenvalue weighted by molar-refractivity contribution is 5.42. The number of benzene rings is 2. The minimum Gasteiger partial charge on any atom is -0.0613 e. The Kier molecular flexibility index (Phi) is 7.94. The molecule has 0 N–H and O–H groups in total. The van der Waals surface area contributed by atoms with Crippen LogP contribution in [0.4, 0.5) is 0 Å². The summed E-state index contributed by atoms with van der Waals surface area (Å²) in [6.07, 6.45) is 9.22. The Morgan fingerprint density at radius 3 is 0.885 bits per heavy atom. The van der Waals surface area contributed by atoms with E-state index in [0.29, 0.717) is 0 Å². The second-order valence-corrected chi connectivity index (χ2v) is 7.41. The summed E-state index contributed by atoms with van der Waals surface area (Å²) in [7, 11) is 0. The van der Waals surface area contributed by atoms with Crippen molar-refractivity contribution in [3.05, 3.63) is 68.8 Å². The summed E-state index contributed by atoms with van der Waals surface area (Å²) < 4.78 is 0. The molecule has 0 unspecified atom stereocenters. The van der Waals surface area contributed by atoms with Crippen LogP contribution < -0.4 is 0 Å². The number of hydrogen-bond donors (Lipinski definition) is 0. The minimum atomic E-state index is 1.15. The Balaban J connectivity index is 2.28. The molecule has 26 heavy (non-hydrogen) atoms. The molecule has 0 saturated carbocycles. The second kappa shape index (κ2) is 9.95. The first-order chi connectivity index (χ1) is 12.6. The van der Waals surface area contributed by atoms with E-state index in [9.17, 15) is 0 Å². The summed E-state index contributed by atoms with van der Waals surface area (Å²) >= 11 is 0. The maximum absolute atomic E-state index is 2.47. The maximum Gasteiger partial charge on any atom is -0.0238 e. The zero-order valence-corrected chi connectivity index (χ0v) is 18.0. The Labute approximate surface area is 162 Å². The van der Waals surface area contributed by atoms with Crippen molar-refractivity contribution >= 4 is 0 Å². The molecule has 142 valence electrons. The predicted molar refractivity (Wildman–Crippen MR) is 117 cm³/mol. The van der Waals surface area contributed by atoms with Crippen LogP contribution >= 0.6 is 0 Å². The Hall–Kier alpha value is -1.56. The summed E-state index contributed by atoms with van der Waals surface area (Å²) in [5, 5.41) is 0. The average Bonchev–Trinajstić information content (AvgIpc) is 2.70. The molecule has 0 heterocycles. The zero-order chi connectivity index (χ0) is 19.1. The Bertz CT molecular complexity index is 607. The van der Waals surface area contributed by atoms with Crippen molar-refractivity contribution in [2.75, 3.05) is 0 Å². The molecule has 0 aliphatic rings. The van der Waals surface area contributed by atoms with Crippen LogP contribution in [0.1, 0.15) is 86.1 Å². The van der Waals surface area contributed by atoms with Crippen LogP contribution in [0.3, 0.4) is 0 Å². The van der Waals surface area contributed by atoms with Crippen molar-refractivity contribution in [2.24, 2.45) is 0 Å². The van der Waals surface area contributed by atoms with E-state index >= 15 is 0 Å². The van der Waals surface area contributed by atoms with Crippen molar-refractivity contribution in [1.29, 1.82) is 0 Å². The monoisotopic (exact) mass is 350 g/mol. The summed E-state index contributed by atoms with van der Waals surface area (Å²) in [5.41, 5.74) is 12.5. The van der Waals surface area contributed by atoms with Gasteiger partial charge < -0.3 is 0 Å². The van der Waals surface area contributed by atoms with E-state index in [-0.39, 0.29) is 0 Å². The first kappa shape index (κ1) is 20.7. The zero-order valence-electron chi connectivity index (χ0n) is 18.0. The van der Waals surface area contributed by atoms with Gasteiger partial charge in [0, 0.05) is 0 Å². The average molecular weight is 351 g/mol. The van der Waals surface area contributed by atoms with Crippen molar-refractivity contribution in [1.82, 2.24) is 0 Å². The first-order valence-electron chi connectivity index (χ1n) is 10.9. The quantitative estimate of drug-likeness (QED) is 0.464. The van der Waals surface area contributed by atoms with E-state index in [1.54, 1.807) is 33.4 Å². The standard InChI is InChI=1S/C26H38/c1-7-21-15-19(16-22(8-2)25(21)11-5)13-14-20-17-23(9-3)26(12-6)24(10-4)18-20/h15-18H,7-14H2,1-6H3. The van der Waals surface area contributed by atoms with Crippen molar-refractivity contribution in [3.8, 4) is 0 Å². The molecule has 0 aliphatic heterocycles. The van der Waals surface area contributed by atoms with E-state index in [4.69, 9.17) is 0 Å². The van der Waals surface area contributed by atoms with Crippen molar-refractivity contribution in [3.63, 3.8) is 0 Å². The summed E-state index contributed by atoms with van der Waals surface area (Å²) in [5.74, 6) is 0. The molecule has 0 spiro atoms. The van der Waals surface area contributed by atoms with Crippen LogP contribution in [0.5, 0.6) is 0 Å². The number of rotatable bonds is 9. The van der Waals surface area contributed by atoms with Crippen LogP contribution in [0.2, 0.25) is 0 Å². The first-order valence-corrected chi connectivity index (χ1v) is 10.9. The maximum atomic E-state index is 2.47. The lowest BCUT2D eigenvalue weighted by molar-refractivity contribution is 0.906. The van der Waals surface area contributed by atoms with E-state index in [1.165, 1.54) is 11.1 Å². The van der Waals surface area contributed by atoms with Crippen molar-refractivity contribution in [2.45, 2.75) is 92.9 Å². The molecule has 0 fully saturated rings. The number of hydrogen-bond acceptors (Lipinski definition) is 0. The molecular formula is C26H38. The van der Waals surface area contributed by atoms with Crippen LogP contribution in [0.15, 0.2) is 24.3 Å². The highest BCUT2D eigenvalue weighted by Gasteiger charge is 2.10. The summed E-state index contributed by atoms with van der Waals surface area (Å²) in [6.45, 7) is 13.8. The van der Waals surface area contributed by atoms with Gasteiger partial charge in [0.15, 0.2) is 0 Å². The fraction of sp³-hybridized carbons (Fsp3) is 0.538. The highest BCUT2D eigenvalue weighted by atomic mass is 14.2. The lowest BCUT2D eigenvalue weighted by atomic mass is 9.89. The van der Waals surface area contributed by atoms with Crippen LogP contribution in [-0.2, 0) is 51.4 Å². The molecule has 0 heteroatoms. The number of aryl methyl sites for hydroxylation is 6. The van der Waals surface area contributed by atoms with E-state index in [0.717, 1.165) is 51.4 Å². The third kappa shape index (κ3) is 4.58. The third-order valence-corrected chi connectivity index (χ3v) is 5.92. The smallest absolute Gasteiger partial charge is 0.0238 e. The summed E-state index contributed by atoms with van der Waals surface area (Å²) in [6, 6.07) is 9.89. The van der Waals surface area contributed by atoms with Gasteiger partial charge in [-0.25, -0.2) is 0 Å². The van der Waals surface area contributed by atoms with Crippen LogP contribution in [0, 0.1) is 0 Å². The van der Waals surface area contributed by atoms with Crippen molar-refractivity contribution < 1.29 is 0 Å². The molecular weight excluding hydrogens is 312 g/mol. The molecule has 0 aliphatic carbocycles. The molecule has 0 bridgehead atoms. The Morgan fingerprint density at radius 2 is 0.692 bits per heavy atom. The normalized spacial score (nSPS) is 11.2. The molecule has 2 aromatic carbocycles. The fourth-order valence-electron chi connectivity index (χ4n) is 4.49. The summed E-state index contributed by atoms with van der Waals surface area (Å²) in [4.78, 5) is 0. The molecule has 0 aromatic heterocycles. The van der Waals surface area contributed by atoms with Gasteiger partial charge in [-0.1, -0.05) is 65.8 Å². The van der Waals surface area contributed by atoms with Gasteiger partial charge in [-0.3, -0.25) is 0 Å². The van der Waals surface area contributed by atoms with E-state index < -0.39 is 0 Å². The minimum absolute atomic E-state index is 1.15. The van der Waals surface area contributed by atoms with E-state index in [1.807, 2.05) is 0 Å². The highest BCUT2D eigenvalue weighted by Crippen LogP contribution is 2.24. The SMILES string of the molecule is CCc1cc(CCc2cc(CC)c(CC)c(CC)c2)cc(CC)c1CC. The van der Waals surface area contributed by atoms with Gasteiger partial charge in [0.2, 0.25) is 0 Å². The topological polar surface area (TPSA) is 0 Å².